The Labute approximate surface area is 759 Å². The molecule has 3 aromatic carbocycles. The topological polar surface area (TPSA) is 698 Å². The number of rotatable bonds is 51. The number of nitrogens with two attached hydrogens (primary N) is 4. The van der Waals surface area contributed by atoms with E-state index < -0.39 is 223 Å². The van der Waals surface area contributed by atoms with E-state index in [0.29, 0.717) is 62.2 Å². The third-order valence-electron chi connectivity index (χ3n) is 22.9. The molecule has 28 N–H and O–H groups in total. The number of primary amides is 1. The Bertz CT molecular complexity index is 5280. The molecule has 2 aliphatic rings. The zero-order valence-corrected chi connectivity index (χ0v) is 74.2. The van der Waals surface area contributed by atoms with Gasteiger partial charge in [-0.3, -0.25) is 82.1 Å². The van der Waals surface area contributed by atoms with E-state index in [2.05, 4.69) is 94.0 Å². The van der Waals surface area contributed by atoms with Gasteiger partial charge in [0, 0.05) is 115 Å². The van der Waals surface area contributed by atoms with E-state index in [9.17, 15) is 67.7 Å². The van der Waals surface area contributed by atoms with Gasteiger partial charge in [-0.1, -0.05) is 82.3 Å². The zero-order valence-electron chi connectivity index (χ0n) is 74.2. The molecule has 712 valence electrons. The first kappa shape index (κ1) is 101. The maximum atomic E-state index is 15.5. The minimum Gasteiger partial charge on any atom is -0.481 e. The number of aromatic amines is 4. The van der Waals surface area contributed by atoms with Gasteiger partial charge >= 0.3 is 11.9 Å². The standard InChI is InChI=1S/C88H121N25O19/c1-46(2)33-62(105-78(122)61(27-28-70(91)114)104-83(127)68-25-15-31-112(68)85(129)48(5)101-71(115)39-90)75(119)99-44-72(116)102-59(24-14-30-95-88(92)93)76(120)106-63(34-49-40-96-56-20-9-6-17-53(49)56)79(123)103-60(23-12-13-29-89)77(121)107-64(35-50-41-97-57-21-10-7-18-54(50)57)80(124)108-66(37-52-43-94-45-100-52)81(125)110-67(38-73(117)118)86(130)113-32-16-26-69(113)84(128)109-65(82(126)111-74(47(3)4)87(131)132)36-51-42-98-58-22-11-8-19-55(51)58/h6-11,17-22,40-43,45-48,59-69,74,96-98H,12-16,23-39,44,89-90H2,1-5H3,(H2,91,114)(H,94,100)(H,99,119)(H,101,115)(H,102,116)(H,103,123)(H,104,127)(H,105,122)(H,106,120)(H,107,121)(H,108,124)(H,109,128)(H,110,125)(H,111,126)(H,117,118)(H,131,132)(H4,92,93,95)/t48-,59-,60-,61-,62-,63-,64-,65-,66-,67-,68-,69-,74-/m0/s1. The number of guanidine groups is 1. The predicted molar refractivity (Wildman–Crippen MR) is 481 cm³/mol. The van der Waals surface area contributed by atoms with Crippen LogP contribution in [0.25, 0.3) is 32.7 Å². The molecule has 15 amide bonds. The van der Waals surface area contributed by atoms with Crippen LogP contribution >= 0.6 is 0 Å². The number of carboxylic acid groups (broad SMARTS) is 2. The van der Waals surface area contributed by atoms with Crippen LogP contribution in [0.2, 0.25) is 0 Å². The van der Waals surface area contributed by atoms with Gasteiger partial charge in [0.15, 0.2) is 5.96 Å². The van der Waals surface area contributed by atoms with Crippen molar-refractivity contribution in [3.8, 4) is 0 Å². The number of benzene rings is 3. The van der Waals surface area contributed by atoms with Crippen molar-refractivity contribution in [2.75, 3.05) is 39.3 Å². The molecule has 44 nitrogen and oxygen atoms in total. The van der Waals surface area contributed by atoms with Crippen molar-refractivity contribution in [2.24, 2.45) is 34.8 Å². The van der Waals surface area contributed by atoms with Crippen molar-refractivity contribution in [3.05, 3.63) is 126 Å². The van der Waals surface area contributed by atoms with Crippen LogP contribution in [0.3, 0.4) is 0 Å². The lowest BCUT2D eigenvalue weighted by atomic mass is 10.0. The number of para-hydroxylation sites is 3. The molecule has 0 spiro atoms. The van der Waals surface area contributed by atoms with E-state index in [1.165, 1.54) is 24.3 Å². The predicted octanol–water partition coefficient (Wildman–Crippen LogP) is -2.55. The number of nitrogens with zero attached hydrogens (tertiary/aromatic N) is 3. The Kier molecular flexibility index (Phi) is 37.6. The number of nitrogens with one attached hydrogen (secondary N) is 18. The maximum absolute atomic E-state index is 15.5. The number of aliphatic carboxylic acids is 2. The SMILES string of the molecule is CC(C)C[C@H](NC(=O)[C@H](CCC(N)=O)NC(=O)[C@@H]1CCCN1C(=O)[C@H](C)NC(=O)CN)C(=O)NCC(=O)N[C@@H](CCCNC(=N)N)C(=O)N[C@@H](Cc1c[nH]c2ccccc12)C(=O)N[C@@H](CCCCN)C(=O)N[C@@H](Cc1c[nH]c2ccccc12)C(=O)N[C@@H](Cc1cnc[nH]1)C(=O)N[C@@H](CC(=O)O)C(=O)N1CCC[C@H]1C(=O)N[C@@H](Cc1c[nH]c2ccccc12)C(=O)N[C@H](C(=O)O)C(C)C. The average Bonchev–Trinajstić information content (AvgIpc) is 1.65. The van der Waals surface area contributed by atoms with Crippen molar-refractivity contribution in [1.29, 1.82) is 5.41 Å². The third kappa shape index (κ3) is 29.1. The number of unbranched alkanes of at least 4 members (excludes halogenated alkanes) is 1. The molecular formula is C88H121N25O19. The summed E-state index contributed by atoms with van der Waals surface area (Å²) >= 11 is 0. The summed E-state index contributed by atoms with van der Waals surface area (Å²) in [6, 6.07) is 2.15. The summed E-state index contributed by atoms with van der Waals surface area (Å²) in [5.41, 5.74) is 26.3. The molecule has 2 aliphatic heterocycles. The maximum Gasteiger partial charge on any atom is 0.326 e. The molecule has 132 heavy (non-hydrogen) atoms. The fourth-order valence-corrected chi connectivity index (χ4v) is 16.1. The second-order valence-corrected chi connectivity index (χ2v) is 33.7. The number of carboxylic acids is 2. The molecule has 4 aromatic heterocycles. The fourth-order valence-electron chi connectivity index (χ4n) is 16.1. The first-order valence-corrected chi connectivity index (χ1v) is 44.0. The summed E-state index contributed by atoms with van der Waals surface area (Å²) in [4.78, 5) is 259. The van der Waals surface area contributed by atoms with E-state index in [0.717, 1.165) is 4.90 Å². The minimum atomic E-state index is -1.91. The van der Waals surface area contributed by atoms with Crippen LogP contribution < -0.4 is 92.1 Å². The summed E-state index contributed by atoms with van der Waals surface area (Å²) in [5, 5.41) is 64.4. The molecule has 0 bridgehead atoms. The number of imidazole rings is 1. The Morgan fingerprint density at radius 1 is 0.477 bits per heavy atom. The van der Waals surface area contributed by atoms with Crippen molar-refractivity contribution in [2.45, 2.75) is 222 Å². The lowest BCUT2D eigenvalue weighted by Gasteiger charge is -2.31. The summed E-state index contributed by atoms with van der Waals surface area (Å²) in [6.07, 6.45) is 5.60. The van der Waals surface area contributed by atoms with Crippen LogP contribution in [0.5, 0.6) is 0 Å². The highest BCUT2D eigenvalue weighted by Crippen LogP contribution is 2.27. The van der Waals surface area contributed by atoms with Crippen LogP contribution in [0.4, 0.5) is 0 Å². The molecule has 2 saturated heterocycles. The molecule has 44 heteroatoms. The van der Waals surface area contributed by atoms with Crippen molar-refractivity contribution < 1.29 is 91.7 Å². The lowest BCUT2D eigenvalue weighted by Crippen LogP contribution is -2.61. The number of aromatic nitrogens is 5. The van der Waals surface area contributed by atoms with E-state index >= 15 is 24.0 Å². The van der Waals surface area contributed by atoms with Gasteiger partial charge in [0.05, 0.1) is 25.8 Å². The van der Waals surface area contributed by atoms with Gasteiger partial charge in [0.2, 0.25) is 88.6 Å². The molecule has 2 fully saturated rings. The average molecular weight is 1830 g/mol. The summed E-state index contributed by atoms with van der Waals surface area (Å²) in [7, 11) is 0. The molecule has 0 aliphatic carbocycles. The Hall–Kier alpha value is -14.3. The van der Waals surface area contributed by atoms with Gasteiger partial charge in [0.25, 0.3) is 0 Å². The second kappa shape index (κ2) is 48.9. The van der Waals surface area contributed by atoms with Gasteiger partial charge in [-0.15, -0.1) is 0 Å². The highest BCUT2D eigenvalue weighted by Gasteiger charge is 2.44. The van der Waals surface area contributed by atoms with Crippen LogP contribution in [0.15, 0.2) is 104 Å². The lowest BCUT2D eigenvalue weighted by molar-refractivity contribution is -0.146. The van der Waals surface area contributed by atoms with Crippen molar-refractivity contribution in [3.63, 3.8) is 0 Å². The first-order chi connectivity index (χ1) is 63.0. The van der Waals surface area contributed by atoms with Gasteiger partial charge in [-0.05, 0) is 131 Å². The van der Waals surface area contributed by atoms with Gasteiger partial charge in [-0.2, -0.15) is 0 Å². The molecule has 13 atom stereocenters. The number of carbonyl (C=O) groups is 17. The largest absolute Gasteiger partial charge is 0.481 e. The van der Waals surface area contributed by atoms with Crippen LogP contribution in [-0.4, -0.2) is 269 Å². The normalized spacial score (nSPS) is 16.2. The Balaban J connectivity index is 0.946. The number of likely N-dealkylation sites (tertiary alicyclic amines) is 2. The molecule has 7 aromatic rings. The Morgan fingerprint density at radius 2 is 0.917 bits per heavy atom. The monoisotopic (exact) mass is 1830 g/mol. The van der Waals surface area contributed by atoms with E-state index in [1.54, 1.807) is 119 Å². The number of hydrogen-bond donors (Lipinski definition) is 24. The highest BCUT2D eigenvalue weighted by atomic mass is 16.4. The molecule has 9 rings (SSSR count). The van der Waals surface area contributed by atoms with Crippen LogP contribution in [0.1, 0.15) is 140 Å². The second-order valence-electron chi connectivity index (χ2n) is 33.7. The van der Waals surface area contributed by atoms with Crippen molar-refractivity contribution >= 4 is 139 Å². The number of fused-ring (bicyclic) bond motifs is 3. The van der Waals surface area contributed by atoms with Crippen LogP contribution in [0, 0.1) is 17.2 Å². The molecule has 6 heterocycles. The minimum absolute atomic E-state index is 0.00254. The summed E-state index contributed by atoms with van der Waals surface area (Å²) in [6.45, 7) is 7.03. The van der Waals surface area contributed by atoms with Gasteiger partial charge in [0.1, 0.15) is 78.5 Å². The van der Waals surface area contributed by atoms with Gasteiger partial charge < -0.3 is 132 Å². The summed E-state index contributed by atoms with van der Waals surface area (Å²) < 4.78 is 0. The molecule has 0 unspecified atom stereocenters. The van der Waals surface area contributed by atoms with Gasteiger partial charge in [-0.25, -0.2) is 9.78 Å². The van der Waals surface area contributed by atoms with E-state index in [4.69, 9.17) is 28.3 Å². The quantitative estimate of drug-likeness (QED) is 0.0106. The highest BCUT2D eigenvalue weighted by molar-refractivity contribution is 6.02. The smallest absolute Gasteiger partial charge is 0.326 e. The number of carbonyl (C=O) groups excluding carboxylic acids is 15. The van der Waals surface area contributed by atoms with E-state index in [1.807, 2.05) is 0 Å². The van der Waals surface area contributed by atoms with Crippen molar-refractivity contribution in [1.82, 2.24) is 104 Å². The molecular weight excluding hydrogens is 1710 g/mol. The third-order valence-corrected chi connectivity index (χ3v) is 22.9. The first-order valence-electron chi connectivity index (χ1n) is 44.0. The molecule has 0 radical (unpaired) electrons. The fraction of sp³-hybridized carbons (Fsp3) is 0.489. The number of amides is 15. The number of hydrogen-bond acceptors (Lipinski definition) is 21. The Morgan fingerprint density at radius 3 is 1.38 bits per heavy atom. The summed E-state index contributed by atoms with van der Waals surface area (Å²) in [5.74, 6) is -17.4. The van der Waals surface area contributed by atoms with E-state index in [-0.39, 0.29) is 115 Å². The number of H-pyrrole nitrogens is 4. The zero-order chi connectivity index (χ0) is 96.0. The van der Waals surface area contributed by atoms with Crippen LogP contribution in [-0.2, 0) is 107 Å². The molecule has 0 saturated carbocycles.